The molecule has 3 nitrogen and oxygen atoms in total. The molecule has 11 aromatic rings. The maximum atomic E-state index is 5.38. The fraction of sp³-hybridized carbons (Fsp3) is 0. The van der Waals surface area contributed by atoms with Crippen LogP contribution in [-0.2, 0) is 0 Å². The third-order valence-electron chi connectivity index (χ3n) is 10.3. The first kappa shape index (κ1) is 28.4. The highest BCUT2D eigenvalue weighted by molar-refractivity contribution is 7.26. The van der Waals surface area contributed by atoms with E-state index < -0.39 is 0 Å². The third kappa shape index (κ3) is 4.33. The molecule has 4 aromatic heterocycles. The predicted octanol–water partition coefficient (Wildman–Crippen LogP) is 13.0. The first-order valence-electron chi connectivity index (χ1n) is 17.2. The Morgan fingerprint density at radius 2 is 0.961 bits per heavy atom. The molecule has 0 aliphatic rings. The van der Waals surface area contributed by atoms with Crippen LogP contribution in [0.3, 0.4) is 0 Å². The van der Waals surface area contributed by atoms with Crippen molar-refractivity contribution in [1.82, 2.24) is 15.0 Å². The zero-order chi connectivity index (χ0) is 33.5. The Morgan fingerprint density at radius 3 is 1.76 bits per heavy atom. The fourth-order valence-corrected chi connectivity index (χ4v) is 9.10. The van der Waals surface area contributed by atoms with Crippen LogP contribution in [0.4, 0.5) is 0 Å². The Morgan fingerprint density at radius 1 is 0.373 bits per heavy atom. The quantitative estimate of drug-likeness (QED) is 0.176. The summed E-state index contributed by atoms with van der Waals surface area (Å²) in [4.78, 5) is 15.8. The number of nitrogens with zero attached hydrogens (tertiary/aromatic N) is 3. The second-order valence-corrected chi connectivity index (χ2v) is 14.2. The summed E-state index contributed by atoms with van der Waals surface area (Å²) in [5, 5.41) is 10.7. The van der Waals surface area contributed by atoms with E-state index in [0.29, 0.717) is 0 Å². The van der Waals surface area contributed by atoms with E-state index in [2.05, 4.69) is 158 Å². The van der Waals surface area contributed by atoms with E-state index >= 15 is 0 Å². The van der Waals surface area contributed by atoms with Gasteiger partial charge >= 0.3 is 0 Å². The van der Waals surface area contributed by atoms with Gasteiger partial charge in [0, 0.05) is 63.8 Å². The number of pyridine rings is 3. The molecule has 0 radical (unpaired) electrons. The number of benzene rings is 7. The molecule has 236 valence electrons. The van der Waals surface area contributed by atoms with Gasteiger partial charge in [-0.25, -0.2) is 15.0 Å². The minimum absolute atomic E-state index is 0.908. The minimum atomic E-state index is 0.908. The molecule has 0 aliphatic carbocycles. The van der Waals surface area contributed by atoms with Crippen molar-refractivity contribution in [2.45, 2.75) is 0 Å². The molecule has 0 amide bonds. The van der Waals surface area contributed by atoms with Gasteiger partial charge in [0.1, 0.15) is 0 Å². The van der Waals surface area contributed by atoms with Crippen LogP contribution in [0.1, 0.15) is 0 Å². The number of hydrogen-bond donors (Lipinski definition) is 0. The number of hydrogen-bond acceptors (Lipinski definition) is 4. The number of rotatable bonds is 3. The number of fused-ring (bicyclic) bond motifs is 11. The van der Waals surface area contributed by atoms with Crippen molar-refractivity contribution < 1.29 is 0 Å². The van der Waals surface area contributed by atoms with Gasteiger partial charge in [-0.05, 0) is 35.0 Å². The molecule has 0 aliphatic heterocycles. The van der Waals surface area contributed by atoms with Crippen molar-refractivity contribution in [3.05, 3.63) is 164 Å². The van der Waals surface area contributed by atoms with Crippen LogP contribution < -0.4 is 0 Å². The van der Waals surface area contributed by atoms with E-state index in [1.54, 1.807) is 0 Å². The molecule has 11 rings (SSSR count). The first-order valence-corrected chi connectivity index (χ1v) is 18.0. The van der Waals surface area contributed by atoms with Gasteiger partial charge in [-0.2, -0.15) is 0 Å². The first-order chi connectivity index (χ1) is 25.3. The Balaban J connectivity index is 1.14. The van der Waals surface area contributed by atoms with E-state index in [9.17, 15) is 0 Å². The Labute approximate surface area is 297 Å². The molecule has 0 fully saturated rings. The lowest BCUT2D eigenvalue weighted by molar-refractivity contribution is 1.37. The smallest absolute Gasteiger partial charge is 0.0972 e. The summed E-state index contributed by atoms with van der Waals surface area (Å²) in [7, 11) is 0. The maximum Gasteiger partial charge on any atom is 0.0972 e. The molecule has 0 spiro atoms. The van der Waals surface area contributed by atoms with Crippen molar-refractivity contribution in [2.24, 2.45) is 0 Å². The molecule has 0 saturated heterocycles. The molecule has 0 atom stereocenters. The third-order valence-corrected chi connectivity index (χ3v) is 11.5. The average molecular weight is 666 g/mol. The molecule has 0 unspecified atom stereocenters. The van der Waals surface area contributed by atoms with Gasteiger partial charge in [0.2, 0.25) is 0 Å². The maximum absolute atomic E-state index is 5.38. The van der Waals surface area contributed by atoms with Crippen LogP contribution >= 0.6 is 11.3 Å². The van der Waals surface area contributed by atoms with Crippen LogP contribution in [0.25, 0.3) is 108 Å². The van der Waals surface area contributed by atoms with Gasteiger partial charge in [0.15, 0.2) is 0 Å². The van der Waals surface area contributed by atoms with Crippen LogP contribution in [0.2, 0.25) is 0 Å². The van der Waals surface area contributed by atoms with Crippen LogP contribution in [0.15, 0.2) is 164 Å². The summed E-state index contributed by atoms with van der Waals surface area (Å²) in [5.41, 5.74) is 8.99. The topological polar surface area (TPSA) is 38.7 Å². The molecule has 0 saturated carbocycles. The summed E-state index contributed by atoms with van der Waals surface area (Å²) in [5.74, 6) is 0. The van der Waals surface area contributed by atoms with Crippen molar-refractivity contribution in [3.8, 4) is 33.8 Å². The van der Waals surface area contributed by atoms with Crippen molar-refractivity contribution in [1.29, 1.82) is 0 Å². The summed E-state index contributed by atoms with van der Waals surface area (Å²) >= 11 is 1.87. The minimum Gasteiger partial charge on any atom is -0.247 e. The SMILES string of the molecule is c1ccc(-c2ccc3ccc4ccc(-c5ccc(-c6nc7ccccc7c7c6ccc6c8ccccc8sc67)c6ccccc56)nc4c3n2)cc1. The van der Waals surface area contributed by atoms with E-state index in [4.69, 9.17) is 15.0 Å². The monoisotopic (exact) mass is 665 g/mol. The van der Waals surface area contributed by atoms with Gasteiger partial charge < -0.3 is 0 Å². The van der Waals surface area contributed by atoms with Gasteiger partial charge in [-0.1, -0.05) is 140 Å². The second-order valence-electron chi connectivity index (χ2n) is 13.1. The number of aromatic nitrogens is 3. The van der Waals surface area contributed by atoms with Crippen molar-refractivity contribution in [3.63, 3.8) is 0 Å². The summed E-state index contributed by atoms with van der Waals surface area (Å²) in [6.07, 6.45) is 0. The molecular formula is C47H27N3S. The summed E-state index contributed by atoms with van der Waals surface area (Å²) in [6, 6.07) is 58.2. The normalized spacial score (nSPS) is 11.9. The summed E-state index contributed by atoms with van der Waals surface area (Å²) < 4.78 is 2.62. The molecule has 4 heterocycles. The summed E-state index contributed by atoms with van der Waals surface area (Å²) in [6.45, 7) is 0. The largest absolute Gasteiger partial charge is 0.247 e. The Kier molecular flexibility index (Phi) is 6.12. The highest BCUT2D eigenvalue weighted by atomic mass is 32.1. The van der Waals surface area contributed by atoms with E-state index in [1.165, 1.54) is 36.3 Å². The Hall–Kier alpha value is -6.49. The highest BCUT2D eigenvalue weighted by Crippen LogP contribution is 2.45. The van der Waals surface area contributed by atoms with Crippen LogP contribution in [-0.4, -0.2) is 15.0 Å². The zero-order valence-electron chi connectivity index (χ0n) is 27.3. The van der Waals surface area contributed by atoms with Crippen molar-refractivity contribution >= 4 is 85.8 Å². The Bertz CT molecular complexity index is 3200. The predicted molar refractivity (Wildman–Crippen MR) is 217 cm³/mol. The molecular weight excluding hydrogens is 639 g/mol. The van der Waals surface area contributed by atoms with E-state index in [0.717, 1.165) is 71.9 Å². The van der Waals surface area contributed by atoms with Gasteiger partial charge in [0.05, 0.1) is 33.6 Å². The van der Waals surface area contributed by atoms with E-state index in [-0.39, 0.29) is 0 Å². The standard InChI is InChI=1S/C47H27N3S/c1-2-10-28(11-3-1)39-26-20-29-18-19-30-21-27-41(49-45(30)44(29)48-39)33-22-23-35(32-13-5-4-12-31(32)33)46-38-25-24-36-34-14-7-9-17-42(34)51-47(36)43(38)37-15-6-8-16-40(37)50-46/h1-27H. The van der Waals surface area contributed by atoms with Gasteiger partial charge in [0.25, 0.3) is 0 Å². The highest BCUT2D eigenvalue weighted by Gasteiger charge is 2.19. The average Bonchev–Trinajstić information content (AvgIpc) is 3.59. The number of thiophene rings is 1. The van der Waals surface area contributed by atoms with Crippen LogP contribution in [0.5, 0.6) is 0 Å². The lowest BCUT2D eigenvalue weighted by atomic mass is 9.92. The lowest BCUT2D eigenvalue weighted by Crippen LogP contribution is -1.94. The molecule has 0 bridgehead atoms. The fourth-order valence-electron chi connectivity index (χ4n) is 7.84. The van der Waals surface area contributed by atoms with E-state index in [1.807, 2.05) is 17.4 Å². The molecule has 7 aromatic carbocycles. The zero-order valence-corrected chi connectivity index (χ0v) is 28.2. The van der Waals surface area contributed by atoms with Crippen molar-refractivity contribution in [2.75, 3.05) is 0 Å². The second kappa shape index (κ2) is 11.0. The molecule has 4 heteroatoms. The number of para-hydroxylation sites is 1. The van der Waals surface area contributed by atoms with Gasteiger partial charge in [-0.3, -0.25) is 0 Å². The lowest BCUT2D eigenvalue weighted by Gasteiger charge is -2.15. The molecule has 51 heavy (non-hydrogen) atoms. The van der Waals surface area contributed by atoms with Gasteiger partial charge in [-0.15, -0.1) is 11.3 Å². The van der Waals surface area contributed by atoms with Crippen LogP contribution in [0, 0.1) is 0 Å². The molecule has 0 N–H and O–H groups in total.